The van der Waals surface area contributed by atoms with Crippen molar-refractivity contribution in [2.24, 2.45) is 0 Å². The Morgan fingerprint density at radius 1 is 1.16 bits per heavy atom. The molecule has 0 radical (unpaired) electrons. The number of carbonyl (C=O) groups is 1. The molecule has 0 atom stereocenters. The van der Waals surface area contributed by atoms with Gasteiger partial charge in [-0.25, -0.2) is 4.79 Å². The van der Waals surface area contributed by atoms with Crippen molar-refractivity contribution in [3.8, 4) is 0 Å². The van der Waals surface area contributed by atoms with Crippen molar-refractivity contribution in [2.75, 3.05) is 39.8 Å². The highest BCUT2D eigenvalue weighted by molar-refractivity contribution is 5.85. The van der Waals surface area contributed by atoms with Gasteiger partial charge in [-0.15, -0.1) is 24.8 Å². The van der Waals surface area contributed by atoms with E-state index in [4.69, 9.17) is 0 Å². The summed E-state index contributed by atoms with van der Waals surface area (Å²) in [5.41, 5.74) is 1.29. The number of likely N-dealkylation sites (N-methyl/N-ethyl adjacent to an activating group) is 1. The van der Waals surface area contributed by atoms with Gasteiger partial charge in [0.2, 0.25) is 0 Å². The lowest BCUT2D eigenvalue weighted by Gasteiger charge is -2.45. The molecule has 5 nitrogen and oxygen atoms in total. The minimum Gasteiger partial charge on any atom is -0.334 e. The summed E-state index contributed by atoms with van der Waals surface area (Å²) in [6.07, 6.45) is 3.28. The average molecular weight is 389 g/mol. The Morgan fingerprint density at radius 3 is 2.52 bits per heavy atom. The maximum atomic E-state index is 12.6. The summed E-state index contributed by atoms with van der Waals surface area (Å²) >= 11 is 0. The van der Waals surface area contributed by atoms with Crippen molar-refractivity contribution in [3.05, 3.63) is 35.9 Å². The van der Waals surface area contributed by atoms with Crippen LogP contribution in [0.2, 0.25) is 0 Å². The van der Waals surface area contributed by atoms with E-state index in [1.54, 1.807) is 0 Å². The zero-order valence-electron chi connectivity index (χ0n) is 14.9. The molecule has 2 amide bonds. The Hall–Kier alpha value is -1.01. The lowest BCUT2D eigenvalue weighted by molar-refractivity contribution is 0.0726. The van der Waals surface area contributed by atoms with Crippen LogP contribution in [0.25, 0.3) is 0 Å². The van der Waals surface area contributed by atoms with Crippen molar-refractivity contribution in [3.63, 3.8) is 0 Å². The molecule has 2 aliphatic rings. The Kier molecular flexibility index (Phi) is 9.00. The third kappa shape index (κ3) is 5.48. The maximum Gasteiger partial charge on any atom is 0.317 e. The summed E-state index contributed by atoms with van der Waals surface area (Å²) in [4.78, 5) is 17.1. The second-order valence-electron chi connectivity index (χ2n) is 6.82. The molecule has 1 aromatic rings. The molecule has 3 rings (SSSR count). The maximum absolute atomic E-state index is 12.6. The van der Waals surface area contributed by atoms with E-state index < -0.39 is 0 Å². The number of nitrogens with zero attached hydrogens (tertiary/aromatic N) is 2. The monoisotopic (exact) mass is 388 g/mol. The van der Waals surface area contributed by atoms with Gasteiger partial charge in [-0.05, 0) is 45.0 Å². The number of urea groups is 1. The van der Waals surface area contributed by atoms with E-state index in [1.807, 2.05) is 35.2 Å². The molecule has 0 unspecified atom stereocenters. The molecule has 142 valence electrons. The third-order valence-electron chi connectivity index (χ3n) is 5.32. The first-order chi connectivity index (χ1) is 11.2. The van der Waals surface area contributed by atoms with Crippen molar-refractivity contribution in [1.29, 1.82) is 0 Å². The van der Waals surface area contributed by atoms with Crippen molar-refractivity contribution >= 4 is 30.8 Å². The molecule has 2 heterocycles. The van der Waals surface area contributed by atoms with Crippen LogP contribution < -0.4 is 10.6 Å². The van der Waals surface area contributed by atoms with Crippen LogP contribution in [0, 0.1) is 0 Å². The van der Waals surface area contributed by atoms with Crippen molar-refractivity contribution in [1.82, 2.24) is 20.4 Å². The largest absolute Gasteiger partial charge is 0.334 e. The number of nitrogens with one attached hydrogen (secondary N) is 2. The molecule has 1 aromatic carbocycles. The summed E-state index contributed by atoms with van der Waals surface area (Å²) in [5, 5.41) is 6.53. The second-order valence-corrected chi connectivity index (χ2v) is 6.82. The molecule has 7 heteroatoms. The van der Waals surface area contributed by atoms with Gasteiger partial charge in [0.25, 0.3) is 0 Å². The molecule has 0 bridgehead atoms. The number of benzene rings is 1. The Morgan fingerprint density at radius 2 is 1.84 bits per heavy atom. The van der Waals surface area contributed by atoms with E-state index in [0.29, 0.717) is 6.54 Å². The Labute approximate surface area is 163 Å². The van der Waals surface area contributed by atoms with Gasteiger partial charge < -0.3 is 15.5 Å². The predicted molar refractivity (Wildman–Crippen MR) is 107 cm³/mol. The number of carbonyl (C=O) groups excluding carboxylic acids is 1. The van der Waals surface area contributed by atoms with Gasteiger partial charge in [0.15, 0.2) is 0 Å². The Balaban J connectivity index is 0.00000156. The van der Waals surface area contributed by atoms with E-state index in [0.717, 1.165) is 57.5 Å². The van der Waals surface area contributed by atoms with E-state index in [1.165, 1.54) is 0 Å². The van der Waals surface area contributed by atoms with Gasteiger partial charge >= 0.3 is 6.03 Å². The molecule has 2 saturated heterocycles. The summed E-state index contributed by atoms with van der Waals surface area (Å²) in [7, 11) is 2.22. The SMILES string of the molecule is CN1CCCN(C(=O)NCc2ccccc2)CC12CCNCC2.Cl.Cl. The fraction of sp³-hybridized carbons (Fsp3) is 0.611. The first kappa shape index (κ1) is 22.0. The highest BCUT2D eigenvalue weighted by Gasteiger charge is 2.40. The number of piperidine rings is 1. The fourth-order valence-electron chi connectivity index (χ4n) is 3.78. The van der Waals surface area contributed by atoms with E-state index in [2.05, 4.69) is 22.6 Å². The van der Waals surface area contributed by atoms with Crippen LogP contribution in [0.15, 0.2) is 30.3 Å². The number of halogens is 2. The highest BCUT2D eigenvalue weighted by atomic mass is 35.5. The lowest BCUT2D eigenvalue weighted by atomic mass is 9.86. The first-order valence-electron chi connectivity index (χ1n) is 8.68. The minimum atomic E-state index is 0. The highest BCUT2D eigenvalue weighted by Crippen LogP contribution is 2.28. The van der Waals surface area contributed by atoms with Crippen LogP contribution in [-0.2, 0) is 6.54 Å². The zero-order valence-corrected chi connectivity index (χ0v) is 16.5. The smallest absolute Gasteiger partial charge is 0.317 e. The van der Waals surface area contributed by atoms with Gasteiger partial charge in [0, 0.05) is 31.7 Å². The van der Waals surface area contributed by atoms with Gasteiger partial charge in [-0.3, -0.25) is 4.90 Å². The van der Waals surface area contributed by atoms with Crippen LogP contribution in [-0.4, -0.2) is 61.1 Å². The minimum absolute atomic E-state index is 0. The van der Waals surface area contributed by atoms with E-state index in [9.17, 15) is 4.79 Å². The molecule has 2 fully saturated rings. The summed E-state index contributed by atoms with van der Waals surface area (Å²) in [6, 6.07) is 10.2. The number of hydrogen-bond donors (Lipinski definition) is 2. The molecule has 0 aromatic heterocycles. The molecular weight excluding hydrogens is 359 g/mol. The van der Waals surface area contributed by atoms with Gasteiger partial charge in [-0.2, -0.15) is 0 Å². The predicted octanol–water partition coefficient (Wildman–Crippen LogP) is 2.50. The topological polar surface area (TPSA) is 47.6 Å². The molecule has 25 heavy (non-hydrogen) atoms. The van der Waals surface area contributed by atoms with Crippen LogP contribution in [0.3, 0.4) is 0 Å². The quantitative estimate of drug-likeness (QED) is 0.817. The standard InChI is InChI=1S/C18H28N4O.2ClH/c1-21-12-5-13-22(15-18(21)8-10-19-11-9-18)17(23)20-14-16-6-3-2-4-7-16;;/h2-4,6-7,19H,5,8-15H2,1H3,(H,20,23);2*1H. The molecule has 0 saturated carbocycles. The van der Waals surface area contributed by atoms with Gasteiger partial charge in [0.05, 0.1) is 0 Å². The van der Waals surface area contributed by atoms with Gasteiger partial charge in [-0.1, -0.05) is 30.3 Å². The van der Waals surface area contributed by atoms with Crippen molar-refractivity contribution < 1.29 is 4.79 Å². The third-order valence-corrected chi connectivity index (χ3v) is 5.32. The summed E-state index contributed by atoms with van der Waals surface area (Å²) in [5.74, 6) is 0. The molecule has 1 spiro atoms. The zero-order chi connectivity index (χ0) is 16.1. The number of hydrogen-bond acceptors (Lipinski definition) is 3. The first-order valence-corrected chi connectivity index (χ1v) is 8.68. The van der Waals surface area contributed by atoms with Crippen LogP contribution in [0.4, 0.5) is 4.79 Å². The second kappa shape index (κ2) is 10.2. The summed E-state index contributed by atoms with van der Waals surface area (Å²) in [6.45, 7) is 5.45. The van der Waals surface area contributed by atoms with Crippen LogP contribution >= 0.6 is 24.8 Å². The van der Waals surface area contributed by atoms with Crippen LogP contribution in [0.5, 0.6) is 0 Å². The molecule has 0 aliphatic carbocycles. The van der Waals surface area contributed by atoms with E-state index >= 15 is 0 Å². The lowest BCUT2D eigenvalue weighted by Crippen LogP contribution is -2.58. The van der Waals surface area contributed by atoms with Crippen molar-refractivity contribution in [2.45, 2.75) is 31.3 Å². The molecular formula is C18H30Cl2N4O. The number of rotatable bonds is 2. The van der Waals surface area contributed by atoms with E-state index in [-0.39, 0.29) is 36.4 Å². The number of amides is 2. The van der Waals surface area contributed by atoms with Gasteiger partial charge in [0.1, 0.15) is 0 Å². The fourth-order valence-corrected chi connectivity index (χ4v) is 3.78. The average Bonchev–Trinajstić information content (AvgIpc) is 2.74. The Bertz CT molecular complexity index is 523. The summed E-state index contributed by atoms with van der Waals surface area (Å²) < 4.78 is 0. The molecule has 2 N–H and O–H groups in total. The molecule has 2 aliphatic heterocycles. The normalized spacial score (nSPS) is 20.1. The van der Waals surface area contributed by atoms with Crippen LogP contribution in [0.1, 0.15) is 24.8 Å².